The maximum atomic E-state index is 13.5. The Balaban J connectivity index is 1.39. The van der Waals surface area contributed by atoms with Gasteiger partial charge >= 0.3 is 5.97 Å². The molecule has 0 unspecified atom stereocenters. The minimum atomic E-state index is -3.68. The van der Waals surface area contributed by atoms with Crippen LogP contribution in [0.25, 0.3) is 10.1 Å². The van der Waals surface area contributed by atoms with Gasteiger partial charge in [0.15, 0.2) is 0 Å². The number of nitrogens with zero attached hydrogens (tertiary/aromatic N) is 1. The maximum absolute atomic E-state index is 13.5. The number of amides is 1. The van der Waals surface area contributed by atoms with Crippen molar-refractivity contribution in [1.29, 1.82) is 0 Å². The van der Waals surface area contributed by atoms with E-state index >= 15 is 0 Å². The van der Waals surface area contributed by atoms with Gasteiger partial charge in [-0.25, -0.2) is 13.2 Å². The zero-order valence-electron chi connectivity index (χ0n) is 20.8. The van der Waals surface area contributed by atoms with Crippen molar-refractivity contribution < 1.29 is 22.7 Å². The molecule has 2 aliphatic rings. The van der Waals surface area contributed by atoms with Crippen LogP contribution >= 0.6 is 11.3 Å². The third kappa shape index (κ3) is 4.33. The van der Waals surface area contributed by atoms with Crippen molar-refractivity contribution in [3.05, 3.63) is 59.0 Å². The van der Waals surface area contributed by atoms with Crippen LogP contribution in [0.5, 0.6) is 0 Å². The van der Waals surface area contributed by atoms with Gasteiger partial charge in [-0.1, -0.05) is 39.0 Å². The highest BCUT2D eigenvalue weighted by molar-refractivity contribution is 7.89. The minimum absolute atomic E-state index is 0.00432. The number of carbonyl (C=O) groups is 2. The van der Waals surface area contributed by atoms with E-state index in [1.165, 1.54) is 42.7 Å². The number of thiophene rings is 1. The Bertz CT molecular complexity index is 1460. The first-order valence-electron chi connectivity index (χ1n) is 12.0. The minimum Gasteiger partial charge on any atom is -0.465 e. The van der Waals surface area contributed by atoms with Gasteiger partial charge < -0.3 is 10.1 Å². The monoisotopic (exact) mass is 526 g/mol. The molecule has 0 radical (unpaired) electrons. The molecule has 1 aromatic heterocycles. The summed E-state index contributed by atoms with van der Waals surface area (Å²) in [5.41, 5.74) is 0.788. The van der Waals surface area contributed by atoms with Crippen LogP contribution in [0.4, 0.5) is 5.69 Å². The van der Waals surface area contributed by atoms with E-state index in [0.29, 0.717) is 22.7 Å². The zero-order chi connectivity index (χ0) is 25.9. The lowest BCUT2D eigenvalue weighted by Crippen LogP contribution is -2.37. The second-order valence-electron chi connectivity index (χ2n) is 11.0. The van der Waals surface area contributed by atoms with Crippen LogP contribution in [0.15, 0.2) is 53.4 Å². The summed E-state index contributed by atoms with van der Waals surface area (Å²) in [5.74, 6) is -0.959. The Morgan fingerprint density at radius 2 is 1.75 bits per heavy atom. The number of ether oxygens (including phenoxy) is 1. The molecule has 1 amide bonds. The number of fused-ring (bicyclic) bond motifs is 3. The topological polar surface area (TPSA) is 92.8 Å². The third-order valence-corrected chi connectivity index (χ3v) is 10.4. The summed E-state index contributed by atoms with van der Waals surface area (Å²) < 4.78 is 34.5. The number of esters is 1. The molecule has 2 fully saturated rings. The largest absolute Gasteiger partial charge is 0.465 e. The average Bonchev–Trinajstić information content (AvgIpc) is 3.32. The third-order valence-electron chi connectivity index (χ3n) is 7.29. The summed E-state index contributed by atoms with van der Waals surface area (Å²) in [6.45, 7) is 7.13. The molecule has 190 valence electrons. The number of sulfonamides is 1. The molecule has 36 heavy (non-hydrogen) atoms. The van der Waals surface area contributed by atoms with Crippen molar-refractivity contribution in [3.8, 4) is 0 Å². The quantitative estimate of drug-likeness (QED) is 0.441. The van der Waals surface area contributed by atoms with Crippen LogP contribution in [0.3, 0.4) is 0 Å². The number of anilines is 1. The highest BCUT2D eigenvalue weighted by Gasteiger charge is 2.53. The molecule has 2 aromatic carbocycles. The number of hydrogen-bond donors (Lipinski definition) is 1. The van der Waals surface area contributed by atoms with Gasteiger partial charge in [0.05, 0.1) is 17.7 Å². The first kappa shape index (κ1) is 24.9. The fourth-order valence-electron chi connectivity index (χ4n) is 6.19. The van der Waals surface area contributed by atoms with Crippen molar-refractivity contribution in [2.45, 2.75) is 51.0 Å². The smallest absolute Gasteiger partial charge is 0.350 e. The standard InChI is InChI=1S/C27H30N2O5S2/c1-26(2)13-18-14-27(3,15-26)16-29(18)36(32,33)19-11-9-17(10-12-19)24(30)28-22-20-7-5-6-8-21(20)35-23(22)25(31)34-4/h5-12,18H,13-16H2,1-4H3,(H,28,30)/t18-,27-/m1/s1. The van der Waals surface area contributed by atoms with Crippen LogP contribution in [-0.2, 0) is 14.8 Å². The first-order chi connectivity index (χ1) is 16.9. The van der Waals surface area contributed by atoms with E-state index in [2.05, 4.69) is 26.1 Å². The van der Waals surface area contributed by atoms with Crippen LogP contribution in [0.1, 0.15) is 60.1 Å². The van der Waals surface area contributed by atoms with E-state index in [0.717, 1.165) is 29.3 Å². The molecular formula is C27H30N2O5S2. The Kier molecular flexibility index (Phi) is 6.01. The summed E-state index contributed by atoms with van der Waals surface area (Å²) in [7, 11) is -2.38. The Labute approximate surface area is 215 Å². The molecule has 1 aliphatic heterocycles. The first-order valence-corrected chi connectivity index (χ1v) is 14.2. The molecule has 5 rings (SSSR count). The molecule has 1 N–H and O–H groups in total. The fourth-order valence-corrected chi connectivity index (χ4v) is 9.04. The summed E-state index contributed by atoms with van der Waals surface area (Å²) in [4.78, 5) is 25.9. The van der Waals surface area contributed by atoms with E-state index in [1.54, 1.807) is 4.31 Å². The predicted octanol–water partition coefficient (Wildman–Crippen LogP) is 5.53. The van der Waals surface area contributed by atoms with Crippen LogP contribution in [-0.4, -0.2) is 44.3 Å². The highest BCUT2D eigenvalue weighted by Crippen LogP contribution is 2.53. The number of rotatable bonds is 5. The molecule has 7 nitrogen and oxygen atoms in total. The van der Waals surface area contributed by atoms with Crippen molar-refractivity contribution in [2.75, 3.05) is 19.0 Å². The van der Waals surface area contributed by atoms with Crippen molar-refractivity contribution in [3.63, 3.8) is 0 Å². The number of methoxy groups -OCH3 is 1. The van der Waals surface area contributed by atoms with Crippen LogP contribution in [0.2, 0.25) is 0 Å². The molecule has 2 heterocycles. The number of hydrogen-bond acceptors (Lipinski definition) is 6. The Morgan fingerprint density at radius 3 is 2.44 bits per heavy atom. The van der Waals surface area contributed by atoms with E-state index in [-0.39, 0.29) is 21.8 Å². The lowest BCUT2D eigenvalue weighted by Gasteiger charge is -2.39. The molecule has 3 aromatic rings. The van der Waals surface area contributed by atoms with Gasteiger partial charge in [0.25, 0.3) is 5.91 Å². The van der Waals surface area contributed by atoms with E-state index < -0.39 is 21.9 Å². The normalized spacial score (nSPS) is 23.5. The van der Waals surface area contributed by atoms with E-state index in [9.17, 15) is 18.0 Å². The SMILES string of the molecule is COC(=O)c1sc2ccccc2c1NC(=O)c1ccc(S(=O)(=O)N2C[C@]3(C)C[C@H]2CC(C)(C)C3)cc1. The fraction of sp³-hybridized carbons (Fsp3) is 0.407. The second-order valence-corrected chi connectivity index (χ2v) is 14.0. The summed E-state index contributed by atoms with van der Waals surface area (Å²) in [6, 6.07) is 13.4. The van der Waals surface area contributed by atoms with Gasteiger partial charge in [0.1, 0.15) is 4.88 Å². The van der Waals surface area contributed by atoms with E-state index in [1.807, 2.05) is 24.3 Å². The summed E-state index contributed by atoms with van der Waals surface area (Å²) in [5, 5.41) is 3.58. The molecule has 1 saturated carbocycles. The van der Waals surface area contributed by atoms with Gasteiger partial charge in [-0.05, 0) is 60.4 Å². The van der Waals surface area contributed by atoms with E-state index in [4.69, 9.17) is 4.74 Å². The van der Waals surface area contributed by atoms with Crippen LogP contribution in [0, 0.1) is 10.8 Å². The second kappa shape index (κ2) is 8.68. The lowest BCUT2D eigenvalue weighted by molar-refractivity contribution is 0.0607. The maximum Gasteiger partial charge on any atom is 0.350 e. The molecule has 1 saturated heterocycles. The molecule has 0 spiro atoms. The van der Waals surface area contributed by atoms with Crippen molar-refractivity contribution in [2.24, 2.45) is 10.8 Å². The van der Waals surface area contributed by atoms with Gasteiger partial charge in [-0.15, -0.1) is 11.3 Å². The number of benzene rings is 2. The van der Waals surface area contributed by atoms with Gasteiger partial charge in [-0.3, -0.25) is 4.79 Å². The molecular weight excluding hydrogens is 496 g/mol. The zero-order valence-corrected chi connectivity index (χ0v) is 22.5. The molecule has 2 bridgehead atoms. The Hall–Kier alpha value is -2.75. The Morgan fingerprint density at radius 1 is 1.06 bits per heavy atom. The average molecular weight is 527 g/mol. The number of carbonyl (C=O) groups excluding carboxylic acids is 2. The summed E-state index contributed by atoms with van der Waals surface area (Å²) >= 11 is 1.25. The van der Waals surface area contributed by atoms with Crippen molar-refractivity contribution in [1.82, 2.24) is 4.31 Å². The van der Waals surface area contributed by atoms with Gasteiger partial charge in [0.2, 0.25) is 10.0 Å². The molecule has 2 atom stereocenters. The molecule has 9 heteroatoms. The number of nitrogens with one attached hydrogen (secondary N) is 1. The van der Waals surface area contributed by atoms with Crippen LogP contribution < -0.4 is 5.32 Å². The van der Waals surface area contributed by atoms with Crippen molar-refractivity contribution >= 4 is 49.0 Å². The predicted molar refractivity (Wildman–Crippen MR) is 141 cm³/mol. The van der Waals surface area contributed by atoms with Gasteiger partial charge in [0, 0.05) is 28.2 Å². The molecule has 1 aliphatic carbocycles. The van der Waals surface area contributed by atoms with Gasteiger partial charge in [-0.2, -0.15) is 4.31 Å². The summed E-state index contributed by atoms with van der Waals surface area (Å²) in [6.07, 6.45) is 2.74. The lowest BCUT2D eigenvalue weighted by atomic mass is 9.65. The highest BCUT2D eigenvalue weighted by atomic mass is 32.2.